The van der Waals surface area contributed by atoms with Gasteiger partial charge in [-0.2, -0.15) is 0 Å². The van der Waals surface area contributed by atoms with Gasteiger partial charge < -0.3 is 10.0 Å². The van der Waals surface area contributed by atoms with E-state index in [1.807, 2.05) is 44.2 Å². The zero-order valence-electron chi connectivity index (χ0n) is 15.0. The summed E-state index contributed by atoms with van der Waals surface area (Å²) in [5.41, 5.74) is 2.42. The molecule has 1 unspecified atom stereocenters. The minimum atomic E-state index is -0.252. The van der Waals surface area contributed by atoms with Crippen molar-refractivity contribution < 1.29 is 9.50 Å². The van der Waals surface area contributed by atoms with Crippen LogP contribution in [0.2, 0.25) is 0 Å². The molecule has 0 amide bonds. The molecule has 1 heterocycles. The molecule has 4 heteroatoms. The maximum Gasteiger partial charge on any atom is 0.139 e. The lowest BCUT2D eigenvalue weighted by Crippen LogP contribution is -2.27. The minimum absolute atomic E-state index is 0.109. The molecule has 0 aliphatic heterocycles. The van der Waals surface area contributed by atoms with Gasteiger partial charge in [0.05, 0.1) is 12.2 Å². The van der Waals surface area contributed by atoms with Crippen molar-refractivity contribution in [3.63, 3.8) is 0 Å². The van der Waals surface area contributed by atoms with Crippen LogP contribution in [-0.4, -0.2) is 16.6 Å². The first-order chi connectivity index (χ1) is 12.0. The molecule has 0 radical (unpaired) electrons. The van der Waals surface area contributed by atoms with Gasteiger partial charge in [-0.1, -0.05) is 31.2 Å². The zero-order valence-corrected chi connectivity index (χ0v) is 15.0. The van der Waals surface area contributed by atoms with Crippen molar-refractivity contribution in [2.24, 2.45) is 0 Å². The monoisotopic (exact) mass is 340 g/mol. The van der Waals surface area contributed by atoms with Gasteiger partial charge in [0.1, 0.15) is 11.6 Å². The topological polar surface area (TPSA) is 36.4 Å². The van der Waals surface area contributed by atoms with Crippen molar-refractivity contribution >= 4 is 5.69 Å². The number of anilines is 1. The Balaban J connectivity index is 2.52. The number of aryl methyl sites for hydroxylation is 1. The Kier molecular flexibility index (Phi) is 6.75. The van der Waals surface area contributed by atoms with Crippen molar-refractivity contribution in [3.8, 4) is 5.75 Å². The SMILES string of the molecule is CCCN(c1cc(C)cc(F)c1)C(C)c1ccccccncc1O. The Hall–Kier alpha value is -2.62. The summed E-state index contributed by atoms with van der Waals surface area (Å²) >= 11 is 0. The summed E-state index contributed by atoms with van der Waals surface area (Å²) in [4.78, 5) is 6.18. The second-order valence-corrected chi connectivity index (χ2v) is 6.06. The van der Waals surface area contributed by atoms with Crippen LogP contribution in [0.1, 0.15) is 37.4 Å². The van der Waals surface area contributed by atoms with Crippen LogP contribution in [0.3, 0.4) is 0 Å². The van der Waals surface area contributed by atoms with Crippen LogP contribution in [0, 0.1) is 12.7 Å². The number of nitrogens with zero attached hydrogens (tertiary/aromatic N) is 2. The highest BCUT2D eigenvalue weighted by atomic mass is 19.1. The summed E-state index contributed by atoms with van der Waals surface area (Å²) in [6.45, 7) is 6.72. The smallest absolute Gasteiger partial charge is 0.139 e. The second kappa shape index (κ2) is 9.02. The molecule has 1 aromatic heterocycles. The Morgan fingerprint density at radius 1 is 1.16 bits per heavy atom. The van der Waals surface area contributed by atoms with Gasteiger partial charge in [0.25, 0.3) is 0 Å². The number of rotatable bonds is 5. The summed E-state index contributed by atoms with van der Waals surface area (Å²) in [6, 6.07) is 14.2. The molecule has 0 aliphatic carbocycles. The van der Waals surface area contributed by atoms with Gasteiger partial charge in [-0.3, -0.25) is 4.98 Å². The van der Waals surface area contributed by atoms with Crippen molar-refractivity contribution in [1.29, 1.82) is 0 Å². The summed E-state index contributed by atoms with van der Waals surface area (Å²) in [5.74, 6) is -0.143. The predicted molar refractivity (Wildman–Crippen MR) is 101 cm³/mol. The normalized spacial score (nSPS) is 11.5. The standard InChI is InChI=1S/C21H25FN2O/c1-4-11-24(19-13-16(2)12-18(22)14-19)17(3)20-9-7-5-6-8-10-23-15-21(20)25/h5-10,12-15,17,25H,4,11H2,1-3H3. The number of hydrogen-bond acceptors (Lipinski definition) is 3. The average Bonchev–Trinajstić information content (AvgIpc) is 2.57. The molecule has 1 N–H and O–H groups in total. The maximum atomic E-state index is 13.9. The van der Waals surface area contributed by atoms with Gasteiger partial charge in [-0.15, -0.1) is 0 Å². The molecular formula is C21H25FN2O. The van der Waals surface area contributed by atoms with Gasteiger partial charge in [0, 0.05) is 24.0 Å². The first kappa shape index (κ1) is 18.7. The van der Waals surface area contributed by atoms with Crippen molar-refractivity contribution in [2.75, 3.05) is 11.4 Å². The van der Waals surface area contributed by atoms with Crippen LogP contribution in [0.15, 0.2) is 60.9 Å². The maximum absolute atomic E-state index is 13.9. The molecule has 2 rings (SSSR count). The van der Waals surface area contributed by atoms with Crippen LogP contribution in [0.5, 0.6) is 5.75 Å². The van der Waals surface area contributed by atoms with Gasteiger partial charge in [-0.25, -0.2) is 4.39 Å². The quantitative estimate of drug-likeness (QED) is 0.798. The highest BCUT2D eigenvalue weighted by Gasteiger charge is 2.18. The van der Waals surface area contributed by atoms with Gasteiger partial charge in [-0.05, 0) is 50.1 Å². The van der Waals surface area contributed by atoms with Gasteiger partial charge in [0.15, 0.2) is 0 Å². The molecule has 0 aliphatic rings. The van der Waals surface area contributed by atoms with E-state index in [-0.39, 0.29) is 17.6 Å². The molecule has 132 valence electrons. The highest BCUT2D eigenvalue weighted by molar-refractivity contribution is 5.52. The summed E-state index contributed by atoms with van der Waals surface area (Å²) in [5, 5.41) is 10.5. The average molecular weight is 340 g/mol. The summed E-state index contributed by atoms with van der Waals surface area (Å²) in [6.07, 6.45) is 3.97. The van der Waals surface area contributed by atoms with E-state index in [1.165, 1.54) is 18.3 Å². The number of aromatic nitrogens is 1. The third-order valence-electron chi connectivity index (χ3n) is 4.01. The lowest BCUT2D eigenvalue weighted by atomic mass is 10.1. The first-order valence-electron chi connectivity index (χ1n) is 8.53. The van der Waals surface area contributed by atoms with Crippen LogP contribution in [0.25, 0.3) is 0 Å². The Morgan fingerprint density at radius 2 is 1.92 bits per heavy atom. The van der Waals surface area contributed by atoms with E-state index in [0.717, 1.165) is 29.8 Å². The predicted octanol–water partition coefficient (Wildman–Crippen LogP) is 5.34. The van der Waals surface area contributed by atoms with Gasteiger partial charge >= 0.3 is 0 Å². The van der Waals surface area contributed by atoms with Crippen LogP contribution >= 0.6 is 0 Å². The highest BCUT2D eigenvalue weighted by Crippen LogP contribution is 2.31. The largest absolute Gasteiger partial charge is 0.506 e. The van der Waals surface area contributed by atoms with Crippen LogP contribution in [0.4, 0.5) is 10.1 Å². The minimum Gasteiger partial charge on any atom is -0.506 e. The number of halogens is 1. The number of benzene rings is 1. The summed E-state index contributed by atoms with van der Waals surface area (Å²) in [7, 11) is 0. The van der Waals surface area contributed by atoms with Gasteiger partial charge in [0.2, 0.25) is 0 Å². The fraction of sp³-hybridized carbons (Fsp3) is 0.286. The Morgan fingerprint density at radius 3 is 2.64 bits per heavy atom. The molecule has 25 heavy (non-hydrogen) atoms. The van der Waals surface area contributed by atoms with Crippen molar-refractivity contribution in [1.82, 2.24) is 4.98 Å². The van der Waals surface area contributed by atoms with Crippen LogP contribution < -0.4 is 4.90 Å². The van der Waals surface area contributed by atoms with E-state index in [9.17, 15) is 9.50 Å². The lowest BCUT2D eigenvalue weighted by molar-refractivity contribution is 0.459. The van der Waals surface area contributed by atoms with E-state index in [0.29, 0.717) is 0 Å². The molecule has 0 fully saturated rings. The molecule has 1 atom stereocenters. The third-order valence-corrected chi connectivity index (χ3v) is 4.01. The molecule has 0 saturated carbocycles. The molecule has 0 saturated heterocycles. The van der Waals surface area contributed by atoms with Crippen molar-refractivity contribution in [2.45, 2.75) is 33.2 Å². The molecule has 1 aromatic carbocycles. The molecule has 2 aromatic rings. The van der Waals surface area contributed by atoms with E-state index in [4.69, 9.17) is 0 Å². The van der Waals surface area contributed by atoms with E-state index < -0.39 is 0 Å². The van der Waals surface area contributed by atoms with E-state index in [1.54, 1.807) is 12.3 Å². The molecule has 0 bridgehead atoms. The fourth-order valence-corrected chi connectivity index (χ4v) is 2.85. The van der Waals surface area contributed by atoms with E-state index >= 15 is 0 Å². The summed E-state index contributed by atoms with van der Waals surface area (Å²) < 4.78 is 13.9. The first-order valence-corrected chi connectivity index (χ1v) is 8.53. The molecule has 0 spiro atoms. The molecule has 3 nitrogen and oxygen atoms in total. The Labute approximate surface area is 149 Å². The Bertz CT molecular complexity index is 742. The third kappa shape index (κ3) is 5.18. The van der Waals surface area contributed by atoms with E-state index in [2.05, 4.69) is 16.8 Å². The van der Waals surface area contributed by atoms with Crippen molar-refractivity contribution in [3.05, 3.63) is 77.9 Å². The lowest BCUT2D eigenvalue weighted by Gasteiger charge is -2.32. The number of hydrogen-bond donors (Lipinski definition) is 1. The molecular weight excluding hydrogens is 315 g/mol. The second-order valence-electron chi connectivity index (χ2n) is 6.06. The number of aromatic hydroxyl groups is 1. The zero-order chi connectivity index (χ0) is 18.2. The fourth-order valence-electron chi connectivity index (χ4n) is 2.85. The van der Waals surface area contributed by atoms with Crippen LogP contribution in [-0.2, 0) is 0 Å².